The summed E-state index contributed by atoms with van der Waals surface area (Å²) in [5.74, 6) is 1.75. The fourth-order valence-electron chi connectivity index (χ4n) is 1.98. The molecule has 0 spiro atoms. The molecule has 98 valence electrons. The Labute approximate surface area is 114 Å². The quantitative estimate of drug-likeness (QED) is 0.921. The SMILES string of the molecule is COc1ccc([C@@H]2SCC(=O)N2c2ncn[nH]2)cc1. The predicted molar refractivity (Wildman–Crippen MR) is 72.1 cm³/mol. The number of thioether (sulfide) groups is 1. The fraction of sp³-hybridized carbons (Fsp3) is 0.250. The normalized spacial score (nSPS) is 18.9. The van der Waals surface area contributed by atoms with Crippen molar-refractivity contribution < 1.29 is 9.53 Å². The number of benzene rings is 1. The first-order valence-corrected chi connectivity index (χ1v) is 6.77. The highest BCUT2D eigenvalue weighted by atomic mass is 32.2. The number of anilines is 1. The molecule has 1 atom stereocenters. The largest absolute Gasteiger partial charge is 0.497 e. The molecule has 2 aromatic rings. The molecule has 1 N–H and O–H groups in total. The number of amides is 1. The number of hydrogen-bond acceptors (Lipinski definition) is 5. The maximum Gasteiger partial charge on any atom is 0.240 e. The van der Waals surface area contributed by atoms with Crippen LogP contribution in [0.2, 0.25) is 0 Å². The minimum absolute atomic E-state index is 0.0302. The number of nitrogens with zero attached hydrogens (tertiary/aromatic N) is 3. The number of carbonyl (C=O) groups excluding carboxylic acids is 1. The summed E-state index contributed by atoms with van der Waals surface area (Å²) >= 11 is 1.57. The van der Waals surface area contributed by atoms with E-state index in [-0.39, 0.29) is 11.3 Å². The van der Waals surface area contributed by atoms with Crippen LogP contribution in [0.15, 0.2) is 30.6 Å². The van der Waals surface area contributed by atoms with Gasteiger partial charge in [0, 0.05) is 0 Å². The highest BCUT2D eigenvalue weighted by molar-refractivity contribution is 8.00. The summed E-state index contributed by atoms with van der Waals surface area (Å²) in [4.78, 5) is 17.7. The van der Waals surface area contributed by atoms with Crippen LogP contribution in [-0.2, 0) is 4.79 Å². The lowest BCUT2D eigenvalue weighted by Gasteiger charge is -2.21. The van der Waals surface area contributed by atoms with Crippen molar-refractivity contribution in [1.29, 1.82) is 0 Å². The standard InChI is InChI=1S/C12H12N4O2S/c1-18-9-4-2-8(3-5-9)11-16(10(17)6-19-11)12-13-7-14-15-12/h2-5,7,11H,6H2,1H3,(H,13,14,15)/t11-/m0/s1. The Hall–Kier alpha value is -2.02. The Balaban J connectivity index is 1.92. The lowest BCUT2D eigenvalue weighted by Crippen LogP contribution is -2.28. The van der Waals surface area contributed by atoms with E-state index in [9.17, 15) is 4.79 Å². The van der Waals surface area contributed by atoms with Crippen molar-refractivity contribution in [2.24, 2.45) is 0 Å². The summed E-state index contributed by atoms with van der Waals surface area (Å²) in [6.45, 7) is 0. The van der Waals surface area contributed by atoms with E-state index in [0.29, 0.717) is 11.7 Å². The van der Waals surface area contributed by atoms with Gasteiger partial charge in [-0.2, -0.15) is 10.1 Å². The summed E-state index contributed by atoms with van der Waals surface area (Å²) in [7, 11) is 1.63. The van der Waals surface area contributed by atoms with Crippen LogP contribution in [0.1, 0.15) is 10.9 Å². The zero-order valence-electron chi connectivity index (χ0n) is 10.2. The molecular formula is C12H12N4O2S. The number of rotatable bonds is 3. The number of hydrogen-bond donors (Lipinski definition) is 1. The first-order valence-electron chi connectivity index (χ1n) is 5.72. The first kappa shape index (κ1) is 12.0. The van der Waals surface area contributed by atoms with Crippen LogP contribution in [0.25, 0.3) is 0 Å². The third kappa shape index (κ3) is 2.17. The molecule has 1 fully saturated rings. The van der Waals surface area contributed by atoms with E-state index in [0.717, 1.165) is 11.3 Å². The van der Waals surface area contributed by atoms with Crippen LogP contribution in [0.3, 0.4) is 0 Å². The van der Waals surface area contributed by atoms with Crippen LogP contribution < -0.4 is 9.64 Å². The van der Waals surface area contributed by atoms with Gasteiger partial charge in [0.2, 0.25) is 11.9 Å². The van der Waals surface area contributed by atoms with Crippen LogP contribution >= 0.6 is 11.8 Å². The van der Waals surface area contributed by atoms with E-state index in [1.165, 1.54) is 6.33 Å². The monoisotopic (exact) mass is 276 g/mol. The second-order valence-corrected chi connectivity index (χ2v) is 5.08. The molecule has 1 amide bonds. The van der Waals surface area contributed by atoms with Gasteiger partial charge in [0.15, 0.2) is 0 Å². The van der Waals surface area contributed by atoms with Crippen LogP contribution in [0, 0.1) is 0 Å². The minimum Gasteiger partial charge on any atom is -0.497 e. The zero-order valence-corrected chi connectivity index (χ0v) is 11.1. The second-order valence-electron chi connectivity index (χ2n) is 4.01. The third-order valence-electron chi connectivity index (χ3n) is 2.90. The summed E-state index contributed by atoms with van der Waals surface area (Å²) in [6.07, 6.45) is 1.40. The van der Waals surface area contributed by atoms with Gasteiger partial charge in [-0.25, -0.2) is 5.10 Å². The molecular weight excluding hydrogens is 264 g/mol. The van der Waals surface area contributed by atoms with E-state index >= 15 is 0 Å². The Morgan fingerprint density at radius 1 is 1.42 bits per heavy atom. The molecule has 1 aromatic heterocycles. The topological polar surface area (TPSA) is 71.1 Å². The predicted octanol–water partition coefficient (Wildman–Crippen LogP) is 1.59. The summed E-state index contributed by atoms with van der Waals surface area (Å²) in [5, 5.41) is 6.46. The lowest BCUT2D eigenvalue weighted by molar-refractivity contribution is -0.115. The number of nitrogens with one attached hydrogen (secondary N) is 1. The van der Waals surface area contributed by atoms with Gasteiger partial charge in [-0.1, -0.05) is 12.1 Å². The molecule has 7 heteroatoms. The molecule has 0 aliphatic carbocycles. The van der Waals surface area contributed by atoms with Crippen LogP contribution in [0.5, 0.6) is 5.75 Å². The van der Waals surface area contributed by atoms with Gasteiger partial charge in [-0.05, 0) is 17.7 Å². The van der Waals surface area contributed by atoms with Crippen molar-refractivity contribution in [3.63, 3.8) is 0 Å². The van der Waals surface area contributed by atoms with Crippen molar-refractivity contribution in [2.75, 3.05) is 17.8 Å². The minimum atomic E-state index is -0.0774. The molecule has 0 bridgehead atoms. The van der Waals surface area contributed by atoms with Gasteiger partial charge in [-0.15, -0.1) is 11.8 Å². The number of ether oxygens (including phenoxy) is 1. The van der Waals surface area contributed by atoms with Crippen LogP contribution in [-0.4, -0.2) is 34.0 Å². The highest BCUT2D eigenvalue weighted by Crippen LogP contribution is 2.40. The number of carbonyl (C=O) groups is 1. The van der Waals surface area contributed by atoms with Crippen LogP contribution in [0.4, 0.5) is 5.95 Å². The number of H-pyrrole nitrogens is 1. The molecule has 0 saturated carbocycles. The van der Waals surface area contributed by atoms with Crippen molar-refractivity contribution in [1.82, 2.24) is 15.2 Å². The summed E-state index contributed by atoms with van der Waals surface area (Å²) in [5.41, 5.74) is 1.04. The maximum atomic E-state index is 12.0. The molecule has 0 radical (unpaired) electrons. The van der Waals surface area contributed by atoms with Gasteiger partial charge in [0.25, 0.3) is 0 Å². The molecule has 19 heavy (non-hydrogen) atoms. The molecule has 1 aliphatic rings. The van der Waals surface area contributed by atoms with Crippen molar-refractivity contribution in [3.05, 3.63) is 36.2 Å². The Kier molecular flexibility index (Phi) is 3.12. The smallest absolute Gasteiger partial charge is 0.240 e. The Morgan fingerprint density at radius 3 is 2.84 bits per heavy atom. The molecule has 1 aromatic carbocycles. The van der Waals surface area contributed by atoms with Crippen molar-refractivity contribution in [2.45, 2.75) is 5.37 Å². The van der Waals surface area contributed by atoms with E-state index in [2.05, 4.69) is 15.2 Å². The van der Waals surface area contributed by atoms with E-state index in [1.54, 1.807) is 23.8 Å². The van der Waals surface area contributed by atoms with E-state index < -0.39 is 0 Å². The summed E-state index contributed by atoms with van der Waals surface area (Å²) in [6, 6.07) is 7.69. The van der Waals surface area contributed by atoms with Gasteiger partial charge < -0.3 is 4.74 Å². The van der Waals surface area contributed by atoms with Gasteiger partial charge in [0.1, 0.15) is 17.5 Å². The highest BCUT2D eigenvalue weighted by Gasteiger charge is 2.35. The second kappa shape index (κ2) is 4.93. The number of methoxy groups -OCH3 is 1. The van der Waals surface area contributed by atoms with Gasteiger partial charge in [-0.3, -0.25) is 9.69 Å². The van der Waals surface area contributed by atoms with Gasteiger partial charge >= 0.3 is 0 Å². The van der Waals surface area contributed by atoms with Crippen molar-refractivity contribution >= 4 is 23.6 Å². The molecule has 3 rings (SSSR count). The Bertz CT molecular complexity index is 570. The summed E-state index contributed by atoms with van der Waals surface area (Å²) < 4.78 is 5.14. The van der Waals surface area contributed by atoms with Gasteiger partial charge in [0.05, 0.1) is 12.9 Å². The first-order chi connectivity index (χ1) is 9.29. The fourth-order valence-corrected chi connectivity index (χ4v) is 3.14. The average Bonchev–Trinajstić information content (AvgIpc) is 3.08. The zero-order chi connectivity index (χ0) is 13.2. The maximum absolute atomic E-state index is 12.0. The molecule has 6 nitrogen and oxygen atoms in total. The number of aromatic amines is 1. The third-order valence-corrected chi connectivity index (χ3v) is 4.11. The van der Waals surface area contributed by atoms with Crippen molar-refractivity contribution in [3.8, 4) is 5.75 Å². The van der Waals surface area contributed by atoms with E-state index in [4.69, 9.17) is 4.74 Å². The number of aromatic nitrogens is 3. The molecule has 1 saturated heterocycles. The molecule has 1 aliphatic heterocycles. The Morgan fingerprint density at radius 2 is 2.21 bits per heavy atom. The average molecular weight is 276 g/mol. The lowest BCUT2D eigenvalue weighted by atomic mass is 10.2. The molecule has 0 unspecified atom stereocenters. The molecule has 2 heterocycles. The van der Waals surface area contributed by atoms with E-state index in [1.807, 2.05) is 24.3 Å².